The van der Waals surface area contributed by atoms with Crippen LogP contribution in [0.4, 0.5) is 5.69 Å². The summed E-state index contributed by atoms with van der Waals surface area (Å²) in [6.07, 6.45) is 7.07. The molecule has 0 aliphatic carbocycles. The Morgan fingerprint density at radius 3 is 2.67 bits per heavy atom. The van der Waals surface area contributed by atoms with Gasteiger partial charge >= 0.3 is 0 Å². The zero-order chi connectivity index (χ0) is 18.5. The van der Waals surface area contributed by atoms with Crippen molar-refractivity contribution in [3.63, 3.8) is 0 Å². The van der Waals surface area contributed by atoms with Crippen molar-refractivity contribution >= 4 is 11.6 Å². The number of rotatable bonds is 5. The summed E-state index contributed by atoms with van der Waals surface area (Å²) < 4.78 is 5.43. The van der Waals surface area contributed by atoms with Crippen LogP contribution in [0.15, 0.2) is 71.6 Å². The van der Waals surface area contributed by atoms with Crippen molar-refractivity contribution in [2.75, 3.05) is 18.4 Å². The van der Waals surface area contributed by atoms with Gasteiger partial charge in [-0.25, -0.2) is 0 Å². The van der Waals surface area contributed by atoms with Crippen LogP contribution in [0, 0.1) is 5.92 Å². The minimum absolute atomic E-state index is 0.0611. The van der Waals surface area contributed by atoms with Gasteiger partial charge in [0.1, 0.15) is 5.76 Å². The molecule has 0 unspecified atom stereocenters. The second kappa shape index (κ2) is 8.18. The molecule has 138 valence electrons. The van der Waals surface area contributed by atoms with E-state index >= 15 is 0 Å². The molecule has 3 heterocycles. The average molecular weight is 361 g/mol. The number of carbonyl (C=O) groups excluding carboxylic acids is 1. The zero-order valence-electron chi connectivity index (χ0n) is 15.2. The molecule has 0 atom stereocenters. The van der Waals surface area contributed by atoms with Crippen LogP contribution in [0.2, 0.25) is 0 Å². The maximum Gasteiger partial charge on any atom is 0.227 e. The number of carbonyl (C=O) groups is 1. The molecule has 4 rings (SSSR count). The van der Waals surface area contributed by atoms with Crippen LogP contribution < -0.4 is 5.32 Å². The smallest absolute Gasteiger partial charge is 0.227 e. The lowest BCUT2D eigenvalue weighted by Gasteiger charge is -2.31. The van der Waals surface area contributed by atoms with E-state index in [1.165, 1.54) is 5.56 Å². The van der Waals surface area contributed by atoms with E-state index in [0.29, 0.717) is 0 Å². The summed E-state index contributed by atoms with van der Waals surface area (Å²) in [5.74, 6) is 0.969. The number of benzene rings is 1. The molecule has 2 aromatic heterocycles. The molecule has 1 fully saturated rings. The second-order valence-electron chi connectivity index (χ2n) is 6.95. The molecule has 0 bridgehead atoms. The quantitative estimate of drug-likeness (QED) is 0.740. The summed E-state index contributed by atoms with van der Waals surface area (Å²) in [4.78, 5) is 19.1. The van der Waals surface area contributed by atoms with Crippen LogP contribution in [-0.2, 0) is 11.3 Å². The molecule has 1 N–H and O–H groups in total. The van der Waals surface area contributed by atoms with E-state index in [1.807, 2.05) is 60.9 Å². The van der Waals surface area contributed by atoms with Gasteiger partial charge in [-0.15, -0.1) is 0 Å². The highest BCUT2D eigenvalue weighted by atomic mass is 16.3. The number of furan rings is 1. The number of amides is 1. The van der Waals surface area contributed by atoms with Gasteiger partial charge in [-0.05, 0) is 67.9 Å². The van der Waals surface area contributed by atoms with Crippen molar-refractivity contribution in [1.82, 2.24) is 9.88 Å². The maximum absolute atomic E-state index is 12.7. The third kappa shape index (κ3) is 4.44. The molecule has 0 spiro atoms. The molecule has 1 aromatic carbocycles. The average Bonchev–Trinajstić information content (AvgIpc) is 3.24. The number of aromatic nitrogens is 1. The van der Waals surface area contributed by atoms with E-state index in [9.17, 15) is 4.79 Å². The molecule has 0 radical (unpaired) electrons. The summed E-state index contributed by atoms with van der Waals surface area (Å²) in [5.41, 5.74) is 3.04. The number of pyridine rings is 1. The van der Waals surface area contributed by atoms with E-state index in [4.69, 9.17) is 4.42 Å². The fourth-order valence-corrected chi connectivity index (χ4v) is 3.54. The third-order valence-electron chi connectivity index (χ3n) is 5.05. The molecule has 5 heteroatoms. The second-order valence-corrected chi connectivity index (χ2v) is 6.95. The maximum atomic E-state index is 12.7. The Bertz CT molecular complexity index is 870. The van der Waals surface area contributed by atoms with Gasteiger partial charge in [0.15, 0.2) is 0 Å². The molecule has 0 saturated carbocycles. The van der Waals surface area contributed by atoms with Crippen molar-refractivity contribution in [3.8, 4) is 11.3 Å². The Morgan fingerprint density at radius 2 is 1.93 bits per heavy atom. The van der Waals surface area contributed by atoms with Crippen LogP contribution >= 0.6 is 0 Å². The molecular formula is C22H23N3O2. The monoisotopic (exact) mass is 361 g/mol. The summed E-state index contributed by atoms with van der Waals surface area (Å²) >= 11 is 0. The minimum Gasteiger partial charge on any atom is -0.464 e. The van der Waals surface area contributed by atoms with Crippen LogP contribution in [0.3, 0.4) is 0 Å². The van der Waals surface area contributed by atoms with Crippen molar-refractivity contribution in [1.29, 1.82) is 0 Å². The number of anilines is 1. The largest absolute Gasteiger partial charge is 0.464 e. The predicted molar refractivity (Wildman–Crippen MR) is 105 cm³/mol. The fourth-order valence-electron chi connectivity index (χ4n) is 3.54. The standard InChI is InChI=1S/C22H23N3O2/c26-22(24-20-4-1-3-19(15-20)21-5-2-14-27-21)18-8-12-25(13-9-18)16-17-6-10-23-11-7-17/h1-7,10-11,14-15,18H,8-9,12-13,16H2,(H,24,26). The number of nitrogens with zero attached hydrogens (tertiary/aromatic N) is 2. The summed E-state index contributed by atoms with van der Waals surface area (Å²) in [6, 6.07) is 15.7. The third-order valence-corrected chi connectivity index (χ3v) is 5.05. The van der Waals surface area contributed by atoms with Gasteiger partial charge < -0.3 is 9.73 Å². The number of likely N-dealkylation sites (tertiary alicyclic amines) is 1. The molecule has 1 aliphatic heterocycles. The van der Waals surface area contributed by atoms with Gasteiger partial charge in [0, 0.05) is 36.1 Å². The van der Waals surface area contributed by atoms with E-state index in [-0.39, 0.29) is 11.8 Å². The molecule has 5 nitrogen and oxygen atoms in total. The van der Waals surface area contributed by atoms with Gasteiger partial charge in [0.05, 0.1) is 6.26 Å². The summed E-state index contributed by atoms with van der Waals surface area (Å²) in [5, 5.41) is 3.07. The normalized spacial score (nSPS) is 15.6. The van der Waals surface area contributed by atoms with E-state index in [2.05, 4.69) is 15.2 Å². The van der Waals surface area contributed by atoms with Crippen LogP contribution in [-0.4, -0.2) is 28.9 Å². The number of hydrogen-bond acceptors (Lipinski definition) is 4. The molecule has 27 heavy (non-hydrogen) atoms. The Labute approximate surface area is 159 Å². The summed E-state index contributed by atoms with van der Waals surface area (Å²) in [7, 11) is 0. The topological polar surface area (TPSA) is 58.4 Å². The first-order chi connectivity index (χ1) is 13.3. The molecular weight excluding hydrogens is 338 g/mol. The number of piperidine rings is 1. The van der Waals surface area contributed by atoms with E-state index in [0.717, 1.165) is 49.5 Å². The van der Waals surface area contributed by atoms with Crippen molar-refractivity contribution in [3.05, 3.63) is 72.8 Å². The number of nitrogens with one attached hydrogen (secondary N) is 1. The Balaban J connectivity index is 1.31. The summed E-state index contributed by atoms with van der Waals surface area (Å²) in [6.45, 7) is 2.79. The van der Waals surface area contributed by atoms with Crippen LogP contribution in [0.25, 0.3) is 11.3 Å². The van der Waals surface area contributed by atoms with Crippen molar-refractivity contribution < 1.29 is 9.21 Å². The highest BCUT2D eigenvalue weighted by Gasteiger charge is 2.25. The zero-order valence-corrected chi connectivity index (χ0v) is 15.2. The van der Waals surface area contributed by atoms with Gasteiger partial charge in [-0.2, -0.15) is 0 Å². The highest BCUT2D eigenvalue weighted by molar-refractivity contribution is 5.93. The first-order valence-electron chi connectivity index (χ1n) is 9.34. The van der Waals surface area contributed by atoms with Gasteiger partial charge in [-0.1, -0.05) is 12.1 Å². The predicted octanol–water partition coefficient (Wildman–Crippen LogP) is 4.19. The Kier molecular flexibility index (Phi) is 5.30. The van der Waals surface area contributed by atoms with Crippen LogP contribution in [0.1, 0.15) is 18.4 Å². The lowest BCUT2D eigenvalue weighted by molar-refractivity contribution is -0.121. The number of hydrogen-bond donors (Lipinski definition) is 1. The first-order valence-corrected chi connectivity index (χ1v) is 9.34. The van der Waals surface area contributed by atoms with Gasteiger partial charge in [-0.3, -0.25) is 14.7 Å². The fraction of sp³-hybridized carbons (Fsp3) is 0.273. The SMILES string of the molecule is O=C(Nc1cccc(-c2ccco2)c1)C1CCN(Cc2ccncc2)CC1. The van der Waals surface area contributed by atoms with E-state index in [1.54, 1.807) is 6.26 Å². The molecule has 1 saturated heterocycles. The van der Waals surface area contributed by atoms with Crippen molar-refractivity contribution in [2.45, 2.75) is 19.4 Å². The molecule has 1 amide bonds. The van der Waals surface area contributed by atoms with E-state index < -0.39 is 0 Å². The van der Waals surface area contributed by atoms with Crippen molar-refractivity contribution in [2.24, 2.45) is 5.92 Å². The Morgan fingerprint density at radius 1 is 1.11 bits per heavy atom. The van der Waals surface area contributed by atoms with Gasteiger partial charge in [0.2, 0.25) is 5.91 Å². The lowest BCUT2D eigenvalue weighted by atomic mass is 9.95. The Hall–Kier alpha value is -2.92. The molecule has 1 aliphatic rings. The molecule has 3 aromatic rings. The first kappa shape index (κ1) is 17.5. The highest BCUT2D eigenvalue weighted by Crippen LogP contribution is 2.25. The lowest BCUT2D eigenvalue weighted by Crippen LogP contribution is -2.37. The van der Waals surface area contributed by atoms with Crippen LogP contribution in [0.5, 0.6) is 0 Å². The van der Waals surface area contributed by atoms with Gasteiger partial charge in [0.25, 0.3) is 0 Å². The minimum atomic E-state index is 0.0611.